The molecule has 5 aromatic rings. The van der Waals surface area contributed by atoms with Crippen molar-refractivity contribution >= 4 is 33.5 Å². The van der Waals surface area contributed by atoms with Gasteiger partial charge < -0.3 is 20.6 Å². The highest BCUT2D eigenvalue weighted by atomic mass is 19.1. The van der Waals surface area contributed by atoms with Gasteiger partial charge in [0.1, 0.15) is 17.8 Å². The summed E-state index contributed by atoms with van der Waals surface area (Å²) in [5.74, 6) is 2.31. The number of nitrogens with one attached hydrogen (secondary N) is 4. The van der Waals surface area contributed by atoms with Crippen molar-refractivity contribution in [2.24, 2.45) is 15.9 Å². The smallest absolute Gasteiger partial charge is 0.137 e. The molecule has 7 rings (SSSR count). The Morgan fingerprint density at radius 3 is 1.61 bits per heavy atom. The normalized spacial score (nSPS) is 19.6. The number of nitrogens with zero attached hydrogens (tertiary/aromatic N) is 2. The van der Waals surface area contributed by atoms with Gasteiger partial charge in [0.15, 0.2) is 0 Å². The van der Waals surface area contributed by atoms with Crippen molar-refractivity contribution in [1.29, 1.82) is 0 Å². The third kappa shape index (κ3) is 4.24. The second-order valence-corrected chi connectivity index (χ2v) is 10.4. The average Bonchev–Trinajstić information content (AvgIpc) is 3.58. The minimum Gasteiger partial charge on any atom is -0.370 e. The van der Waals surface area contributed by atoms with Gasteiger partial charge >= 0.3 is 0 Å². The van der Waals surface area contributed by atoms with E-state index in [1.807, 2.05) is 6.07 Å². The fourth-order valence-electron chi connectivity index (χ4n) is 5.23. The Labute approximate surface area is 220 Å². The second kappa shape index (κ2) is 9.17. The first-order valence-electron chi connectivity index (χ1n) is 13.2. The molecule has 0 bridgehead atoms. The fraction of sp³-hybridized carbons (Fsp3) is 0.226. The standard InChI is InChI=1S/C31H29FN6/c1-18-14-33-30(34-15-18)23-8-6-21-10-26(37-28(21)12-23)19-2-4-20(5-3-19)27-11-22-7-9-24(13-29(22)38-27)31-35-16-25(32)17-36-31/h2-13,18,25,37-38H,14-17H2,1H3,(H,33,34)(H,35,36). The van der Waals surface area contributed by atoms with E-state index >= 15 is 0 Å². The molecule has 6 nitrogen and oxygen atoms in total. The maximum Gasteiger partial charge on any atom is 0.137 e. The number of alkyl halides is 1. The Morgan fingerprint density at radius 1 is 0.632 bits per heavy atom. The van der Waals surface area contributed by atoms with Crippen molar-refractivity contribution in [2.75, 3.05) is 26.2 Å². The molecule has 3 aromatic carbocycles. The van der Waals surface area contributed by atoms with Gasteiger partial charge in [-0.15, -0.1) is 0 Å². The molecule has 0 fully saturated rings. The predicted molar refractivity (Wildman–Crippen MR) is 154 cm³/mol. The maximum atomic E-state index is 13.4. The summed E-state index contributed by atoms with van der Waals surface area (Å²) < 4.78 is 13.4. The summed E-state index contributed by atoms with van der Waals surface area (Å²) in [4.78, 5) is 16.2. The van der Waals surface area contributed by atoms with Gasteiger partial charge in [0.25, 0.3) is 0 Å². The van der Waals surface area contributed by atoms with Gasteiger partial charge in [0.05, 0.1) is 6.54 Å². The van der Waals surface area contributed by atoms with E-state index in [-0.39, 0.29) is 6.54 Å². The molecule has 2 unspecified atom stereocenters. The number of halogens is 1. The molecule has 7 heteroatoms. The van der Waals surface area contributed by atoms with Crippen LogP contribution in [0, 0.1) is 5.92 Å². The molecular weight excluding hydrogens is 475 g/mol. The van der Waals surface area contributed by atoms with Gasteiger partial charge in [-0.1, -0.05) is 55.5 Å². The molecule has 38 heavy (non-hydrogen) atoms. The molecule has 0 radical (unpaired) electrons. The maximum absolute atomic E-state index is 13.4. The van der Waals surface area contributed by atoms with Crippen LogP contribution in [0.4, 0.5) is 4.39 Å². The SMILES string of the molecule is CC1CN=C(c2ccc3cc(-c4ccc(-c5cc6ccc(C7=NCC(F)CN7)cc6[nH]5)cc4)[nH]c3c2)NC1. The number of aliphatic imine (C=N–C) groups is 2. The molecular formula is C31H29FN6. The van der Waals surface area contributed by atoms with E-state index in [0.717, 1.165) is 74.8 Å². The Bertz CT molecular complexity index is 1580. The zero-order valence-corrected chi connectivity index (χ0v) is 21.2. The molecule has 2 aliphatic heterocycles. The summed E-state index contributed by atoms with van der Waals surface area (Å²) in [6.45, 7) is 4.56. The molecule has 0 aliphatic carbocycles. The molecule has 2 aromatic heterocycles. The minimum atomic E-state index is -0.915. The first-order valence-corrected chi connectivity index (χ1v) is 13.2. The van der Waals surface area contributed by atoms with Crippen molar-refractivity contribution in [2.45, 2.75) is 13.1 Å². The van der Waals surface area contributed by atoms with Crippen LogP contribution in [0.3, 0.4) is 0 Å². The molecule has 0 saturated carbocycles. The Morgan fingerprint density at radius 2 is 1.13 bits per heavy atom. The van der Waals surface area contributed by atoms with E-state index in [2.05, 4.69) is 99.2 Å². The molecule has 2 aliphatic rings. The lowest BCUT2D eigenvalue weighted by molar-refractivity contribution is 0.332. The monoisotopic (exact) mass is 504 g/mol. The van der Waals surface area contributed by atoms with E-state index in [1.165, 1.54) is 5.39 Å². The number of rotatable bonds is 4. The summed E-state index contributed by atoms with van der Waals surface area (Å²) in [7, 11) is 0. The third-order valence-electron chi connectivity index (χ3n) is 7.42. The molecule has 0 saturated heterocycles. The first-order chi connectivity index (χ1) is 18.6. The van der Waals surface area contributed by atoms with E-state index < -0.39 is 6.17 Å². The number of benzene rings is 3. The van der Waals surface area contributed by atoms with Gasteiger partial charge in [-0.2, -0.15) is 0 Å². The van der Waals surface area contributed by atoms with E-state index in [0.29, 0.717) is 12.5 Å². The quantitative estimate of drug-likeness (QED) is 0.255. The second-order valence-electron chi connectivity index (χ2n) is 10.4. The van der Waals surface area contributed by atoms with Crippen LogP contribution in [-0.4, -0.2) is 54.0 Å². The van der Waals surface area contributed by atoms with Crippen molar-refractivity contribution in [3.05, 3.63) is 83.9 Å². The zero-order valence-electron chi connectivity index (χ0n) is 21.2. The number of aromatic amines is 2. The summed E-state index contributed by atoms with van der Waals surface area (Å²) >= 11 is 0. The van der Waals surface area contributed by atoms with Crippen LogP contribution in [0.25, 0.3) is 44.3 Å². The average molecular weight is 505 g/mol. The van der Waals surface area contributed by atoms with Gasteiger partial charge in [-0.05, 0) is 41.3 Å². The Hall–Kier alpha value is -4.39. The lowest BCUT2D eigenvalue weighted by Gasteiger charge is -2.19. The van der Waals surface area contributed by atoms with Crippen molar-refractivity contribution in [1.82, 2.24) is 20.6 Å². The molecule has 4 heterocycles. The van der Waals surface area contributed by atoms with Crippen LogP contribution in [0.2, 0.25) is 0 Å². The van der Waals surface area contributed by atoms with Gasteiger partial charge in [0, 0.05) is 64.0 Å². The van der Waals surface area contributed by atoms with Crippen molar-refractivity contribution in [3.63, 3.8) is 0 Å². The highest BCUT2D eigenvalue weighted by molar-refractivity contribution is 6.03. The Balaban J connectivity index is 1.14. The summed E-state index contributed by atoms with van der Waals surface area (Å²) in [6, 6.07) is 25.6. The zero-order chi connectivity index (χ0) is 25.6. The predicted octanol–water partition coefficient (Wildman–Crippen LogP) is 5.66. The summed E-state index contributed by atoms with van der Waals surface area (Å²) in [6.07, 6.45) is -0.915. The number of fused-ring (bicyclic) bond motifs is 2. The molecule has 190 valence electrons. The molecule has 0 spiro atoms. The van der Waals surface area contributed by atoms with Crippen LogP contribution >= 0.6 is 0 Å². The van der Waals surface area contributed by atoms with Crippen molar-refractivity contribution in [3.8, 4) is 22.5 Å². The lowest BCUT2D eigenvalue weighted by atomic mass is 10.1. The Kier molecular flexibility index (Phi) is 5.50. The molecule has 2 atom stereocenters. The number of aromatic nitrogens is 2. The summed E-state index contributed by atoms with van der Waals surface area (Å²) in [5.41, 5.74) is 8.63. The van der Waals surface area contributed by atoms with E-state index in [1.54, 1.807) is 0 Å². The number of H-pyrrole nitrogens is 2. The van der Waals surface area contributed by atoms with Gasteiger partial charge in [-0.3, -0.25) is 9.98 Å². The molecule has 0 amide bonds. The van der Waals surface area contributed by atoms with Crippen LogP contribution in [0.15, 0.2) is 82.8 Å². The van der Waals surface area contributed by atoms with Gasteiger partial charge in [-0.25, -0.2) is 4.39 Å². The highest BCUT2D eigenvalue weighted by Crippen LogP contribution is 2.29. The van der Waals surface area contributed by atoms with Crippen LogP contribution in [0.1, 0.15) is 18.1 Å². The van der Waals surface area contributed by atoms with E-state index in [4.69, 9.17) is 4.99 Å². The number of amidine groups is 2. The fourth-order valence-corrected chi connectivity index (χ4v) is 5.23. The number of hydrogen-bond acceptors (Lipinski definition) is 4. The highest BCUT2D eigenvalue weighted by Gasteiger charge is 2.16. The van der Waals surface area contributed by atoms with Crippen LogP contribution in [0.5, 0.6) is 0 Å². The summed E-state index contributed by atoms with van der Waals surface area (Å²) in [5, 5.41) is 8.86. The van der Waals surface area contributed by atoms with Crippen molar-refractivity contribution < 1.29 is 4.39 Å². The molecule has 4 N–H and O–H groups in total. The number of hydrogen-bond donors (Lipinski definition) is 4. The minimum absolute atomic E-state index is 0.214. The van der Waals surface area contributed by atoms with Crippen LogP contribution in [-0.2, 0) is 0 Å². The van der Waals surface area contributed by atoms with Crippen LogP contribution < -0.4 is 10.6 Å². The first kappa shape index (κ1) is 22.8. The third-order valence-corrected chi connectivity index (χ3v) is 7.42. The van der Waals surface area contributed by atoms with Gasteiger partial charge in [0.2, 0.25) is 0 Å². The largest absolute Gasteiger partial charge is 0.370 e. The topological polar surface area (TPSA) is 80.4 Å². The lowest BCUT2D eigenvalue weighted by Crippen LogP contribution is -2.37. The van der Waals surface area contributed by atoms with E-state index in [9.17, 15) is 4.39 Å².